The third-order valence-corrected chi connectivity index (χ3v) is 5.42. The Hall–Kier alpha value is -2.85. The van der Waals surface area contributed by atoms with Gasteiger partial charge in [0.15, 0.2) is 5.69 Å². The number of hydrazone groups is 1. The van der Waals surface area contributed by atoms with Gasteiger partial charge < -0.3 is 0 Å². The maximum atomic E-state index is 4.84. The molecule has 4 rings (SSSR count). The molecule has 1 aliphatic rings. The average molecular weight is 373 g/mol. The zero-order chi connectivity index (χ0) is 18.6. The van der Waals surface area contributed by atoms with Gasteiger partial charge in [0.1, 0.15) is 5.71 Å². The van der Waals surface area contributed by atoms with Crippen LogP contribution in [0, 0.1) is 0 Å². The summed E-state index contributed by atoms with van der Waals surface area (Å²) in [6, 6.07) is 29.4. The number of thioether (sulfide) groups is 1. The summed E-state index contributed by atoms with van der Waals surface area (Å²) in [6.45, 7) is 0. The van der Waals surface area contributed by atoms with E-state index in [-0.39, 0.29) is 0 Å². The van der Waals surface area contributed by atoms with Crippen LogP contribution in [0.3, 0.4) is 0 Å². The summed E-state index contributed by atoms with van der Waals surface area (Å²) in [4.78, 5) is 4.84. The largest absolute Gasteiger partial charge is 0.383 e. The minimum absolute atomic E-state index is 0.911. The molecule has 0 fully saturated rings. The van der Waals surface area contributed by atoms with Gasteiger partial charge in [-0.15, -0.1) is 4.68 Å². The number of benzene rings is 3. The lowest BCUT2D eigenvalue weighted by Gasteiger charge is -2.13. The van der Waals surface area contributed by atoms with E-state index in [9.17, 15) is 0 Å². The third kappa shape index (κ3) is 3.81. The minimum atomic E-state index is 0.911. The van der Waals surface area contributed by atoms with E-state index in [1.54, 1.807) is 11.8 Å². The van der Waals surface area contributed by atoms with Gasteiger partial charge in [0, 0.05) is 19.7 Å². The Bertz CT molecular complexity index is 975. The SMILES string of the molecule is CN(C)[N+]1=C(c2ccc(-c3ccccc3)cc2)CSC1=Nc1ccccc1. The van der Waals surface area contributed by atoms with Gasteiger partial charge in [-0.2, -0.15) is 0 Å². The van der Waals surface area contributed by atoms with E-state index < -0.39 is 0 Å². The van der Waals surface area contributed by atoms with Crippen molar-refractivity contribution in [2.24, 2.45) is 4.99 Å². The summed E-state index contributed by atoms with van der Waals surface area (Å²) in [5.41, 5.74) is 5.95. The van der Waals surface area contributed by atoms with Gasteiger partial charge in [0.25, 0.3) is 0 Å². The van der Waals surface area contributed by atoms with Crippen LogP contribution in [0.25, 0.3) is 11.1 Å². The highest BCUT2D eigenvalue weighted by atomic mass is 32.2. The molecule has 0 bridgehead atoms. The van der Waals surface area contributed by atoms with E-state index >= 15 is 0 Å². The molecule has 1 aliphatic heterocycles. The van der Waals surface area contributed by atoms with E-state index in [1.165, 1.54) is 22.4 Å². The van der Waals surface area contributed by atoms with Crippen molar-refractivity contribution in [3.8, 4) is 11.1 Å². The van der Waals surface area contributed by atoms with Crippen molar-refractivity contribution in [3.05, 3.63) is 90.5 Å². The molecule has 0 saturated heterocycles. The van der Waals surface area contributed by atoms with Gasteiger partial charge in [-0.3, -0.25) is 0 Å². The molecule has 27 heavy (non-hydrogen) atoms. The number of hydrogen-bond donors (Lipinski definition) is 0. The zero-order valence-electron chi connectivity index (χ0n) is 15.5. The molecule has 0 atom stereocenters. The molecule has 3 aromatic carbocycles. The molecule has 1 heterocycles. The molecule has 0 aromatic heterocycles. The van der Waals surface area contributed by atoms with E-state index in [2.05, 4.69) is 72.3 Å². The third-order valence-electron chi connectivity index (χ3n) is 4.48. The van der Waals surface area contributed by atoms with Crippen LogP contribution in [0.1, 0.15) is 5.56 Å². The van der Waals surface area contributed by atoms with Gasteiger partial charge in [0.05, 0.1) is 5.75 Å². The number of nitrogens with zero attached hydrogens (tertiary/aromatic N) is 3. The van der Waals surface area contributed by atoms with Crippen molar-refractivity contribution in [3.63, 3.8) is 0 Å². The van der Waals surface area contributed by atoms with Crippen molar-refractivity contribution in [1.29, 1.82) is 0 Å². The summed E-state index contributed by atoms with van der Waals surface area (Å²) >= 11 is 1.77. The van der Waals surface area contributed by atoms with Crippen molar-refractivity contribution in [2.45, 2.75) is 0 Å². The molecule has 0 spiro atoms. The monoisotopic (exact) mass is 372 g/mol. The summed E-state index contributed by atoms with van der Waals surface area (Å²) < 4.78 is 2.20. The van der Waals surface area contributed by atoms with Crippen LogP contribution in [0.2, 0.25) is 0 Å². The van der Waals surface area contributed by atoms with Crippen LogP contribution >= 0.6 is 11.8 Å². The molecule has 0 aliphatic carbocycles. The molecule has 0 saturated carbocycles. The Balaban J connectivity index is 1.70. The summed E-state index contributed by atoms with van der Waals surface area (Å²) in [5, 5.41) is 3.11. The Morgan fingerprint density at radius 3 is 1.93 bits per heavy atom. The quantitative estimate of drug-likeness (QED) is 0.596. The first-order chi connectivity index (χ1) is 13.2. The number of hydrogen-bond acceptors (Lipinski definition) is 3. The van der Waals surface area contributed by atoms with Crippen molar-refractivity contribution in [1.82, 2.24) is 5.01 Å². The molecule has 0 unspecified atom stereocenters. The molecule has 3 nitrogen and oxygen atoms in total. The van der Waals surface area contributed by atoms with Crippen LogP contribution in [0.4, 0.5) is 5.69 Å². The van der Waals surface area contributed by atoms with E-state index in [0.29, 0.717) is 0 Å². The van der Waals surface area contributed by atoms with Crippen molar-refractivity contribution < 1.29 is 4.68 Å². The number of rotatable bonds is 4. The number of aliphatic imine (C=N–C) groups is 1. The lowest BCUT2D eigenvalue weighted by molar-refractivity contribution is -0.577. The molecule has 0 amide bonds. The molecule has 134 valence electrons. The highest BCUT2D eigenvalue weighted by Crippen LogP contribution is 2.25. The Kier molecular flexibility index (Phi) is 5.07. The van der Waals surface area contributed by atoms with Crippen LogP contribution < -0.4 is 0 Å². The predicted octanol–water partition coefficient (Wildman–Crippen LogP) is 5.07. The number of amidine groups is 1. The fraction of sp³-hybridized carbons (Fsp3) is 0.130. The summed E-state index contributed by atoms with van der Waals surface area (Å²) in [6.07, 6.45) is 0. The van der Waals surface area contributed by atoms with Crippen LogP contribution in [-0.2, 0) is 0 Å². The molecule has 0 radical (unpaired) electrons. The predicted molar refractivity (Wildman–Crippen MR) is 116 cm³/mol. The highest BCUT2D eigenvalue weighted by molar-refractivity contribution is 8.14. The molecular formula is C23H22N3S+. The first-order valence-corrected chi connectivity index (χ1v) is 9.96. The lowest BCUT2D eigenvalue weighted by Crippen LogP contribution is -2.33. The average Bonchev–Trinajstić information content (AvgIpc) is 3.13. The fourth-order valence-electron chi connectivity index (χ4n) is 3.17. The van der Waals surface area contributed by atoms with Crippen LogP contribution in [-0.4, -0.2) is 40.4 Å². The second kappa shape index (κ2) is 7.80. The summed E-state index contributed by atoms with van der Waals surface area (Å²) in [7, 11) is 4.12. The molecular weight excluding hydrogens is 350 g/mol. The van der Waals surface area contributed by atoms with Crippen molar-refractivity contribution >= 4 is 28.3 Å². The topological polar surface area (TPSA) is 18.6 Å². The highest BCUT2D eigenvalue weighted by Gasteiger charge is 2.32. The first-order valence-electron chi connectivity index (χ1n) is 8.98. The summed E-state index contributed by atoms with van der Waals surface area (Å²) in [5.74, 6) is 0.911. The van der Waals surface area contributed by atoms with Crippen LogP contribution in [0.15, 0.2) is 89.9 Å². The van der Waals surface area contributed by atoms with Gasteiger partial charge in [0.2, 0.25) is 0 Å². The van der Waals surface area contributed by atoms with Gasteiger partial charge in [-0.25, -0.2) is 5.01 Å². The Morgan fingerprint density at radius 1 is 0.741 bits per heavy atom. The van der Waals surface area contributed by atoms with Gasteiger partial charge in [-0.1, -0.05) is 72.8 Å². The number of para-hydroxylation sites is 1. The first kappa shape index (κ1) is 17.6. The molecule has 3 aromatic rings. The second-order valence-electron chi connectivity index (χ2n) is 6.57. The van der Waals surface area contributed by atoms with Crippen molar-refractivity contribution in [2.75, 3.05) is 19.8 Å². The van der Waals surface area contributed by atoms with Gasteiger partial charge >= 0.3 is 5.17 Å². The normalized spacial score (nSPS) is 15.4. The maximum absolute atomic E-state index is 4.84. The van der Waals surface area contributed by atoms with E-state index in [1.807, 2.05) is 36.4 Å². The molecule has 4 heteroatoms. The molecule has 0 N–H and O–H groups in total. The minimum Gasteiger partial charge on any atom is -0.249 e. The van der Waals surface area contributed by atoms with Gasteiger partial charge in [-0.05, 0) is 40.0 Å². The van der Waals surface area contributed by atoms with Crippen LogP contribution in [0.5, 0.6) is 0 Å². The van der Waals surface area contributed by atoms with E-state index in [0.717, 1.165) is 16.6 Å². The fourth-order valence-corrected chi connectivity index (χ4v) is 4.29. The standard InChI is InChI=1S/C23H22N3S/c1-25(2)26-22(17-27-23(26)24-21-11-7-4-8-12-21)20-15-13-19(14-16-20)18-9-5-3-6-10-18/h3-16H,17H2,1-2H3/q+1. The smallest absolute Gasteiger partial charge is 0.249 e. The Morgan fingerprint density at radius 2 is 1.30 bits per heavy atom. The second-order valence-corrected chi connectivity index (χ2v) is 7.51. The lowest BCUT2D eigenvalue weighted by atomic mass is 10.0. The zero-order valence-corrected chi connectivity index (χ0v) is 16.4. The number of hydrazine groups is 1. The maximum Gasteiger partial charge on any atom is 0.383 e. The van der Waals surface area contributed by atoms with E-state index in [4.69, 9.17) is 4.99 Å². The Labute approximate surface area is 164 Å².